The van der Waals surface area contributed by atoms with E-state index in [1.165, 1.54) is 6.26 Å². The summed E-state index contributed by atoms with van der Waals surface area (Å²) in [5.41, 5.74) is 5.77. The third-order valence-electron chi connectivity index (χ3n) is 2.24. The SMILES string of the molecule is CCCC(CN)Nc1nc(C(=O)OCC)co1. The second-order valence-corrected chi connectivity index (χ2v) is 3.62. The molecule has 0 aliphatic carbocycles. The van der Waals surface area contributed by atoms with Crippen molar-refractivity contribution in [3.8, 4) is 0 Å². The van der Waals surface area contributed by atoms with E-state index in [4.69, 9.17) is 14.9 Å². The van der Waals surface area contributed by atoms with Gasteiger partial charge in [-0.25, -0.2) is 4.79 Å². The van der Waals surface area contributed by atoms with Crippen LogP contribution in [0.15, 0.2) is 10.7 Å². The number of oxazole rings is 1. The Morgan fingerprint density at radius 3 is 3.00 bits per heavy atom. The molecule has 1 rings (SSSR count). The van der Waals surface area contributed by atoms with Crippen molar-refractivity contribution < 1.29 is 13.9 Å². The van der Waals surface area contributed by atoms with Crippen LogP contribution in [0.1, 0.15) is 37.2 Å². The van der Waals surface area contributed by atoms with Gasteiger partial charge < -0.3 is 20.2 Å². The van der Waals surface area contributed by atoms with Gasteiger partial charge in [0.05, 0.1) is 6.61 Å². The molecule has 0 amide bonds. The molecule has 0 aliphatic rings. The maximum absolute atomic E-state index is 11.3. The summed E-state index contributed by atoms with van der Waals surface area (Å²) in [6, 6.07) is 0.408. The molecule has 0 aromatic carbocycles. The molecular weight excluding hydrogens is 222 g/mol. The van der Waals surface area contributed by atoms with Crippen molar-refractivity contribution in [2.24, 2.45) is 5.73 Å². The van der Waals surface area contributed by atoms with Gasteiger partial charge in [-0.3, -0.25) is 0 Å². The average Bonchev–Trinajstić information content (AvgIpc) is 2.77. The second-order valence-electron chi connectivity index (χ2n) is 3.62. The molecule has 3 N–H and O–H groups in total. The normalized spacial score (nSPS) is 12.2. The molecule has 0 spiro atoms. The Hall–Kier alpha value is -1.56. The van der Waals surface area contributed by atoms with Gasteiger partial charge >= 0.3 is 5.97 Å². The van der Waals surface area contributed by atoms with Gasteiger partial charge in [0.1, 0.15) is 6.26 Å². The molecule has 1 aromatic heterocycles. The Bertz CT molecular complexity index is 351. The second kappa shape index (κ2) is 6.90. The standard InChI is InChI=1S/C11H19N3O3/c1-3-5-8(6-12)13-11-14-9(7-17-11)10(15)16-4-2/h7-8H,3-6,12H2,1-2H3,(H,13,14). The summed E-state index contributed by atoms with van der Waals surface area (Å²) >= 11 is 0. The number of carbonyl (C=O) groups is 1. The third-order valence-corrected chi connectivity index (χ3v) is 2.24. The highest BCUT2D eigenvalue weighted by Crippen LogP contribution is 2.11. The van der Waals surface area contributed by atoms with Crippen LogP contribution in [0.2, 0.25) is 0 Å². The number of rotatable bonds is 7. The van der Waals surface area contributed by atoms with Crippen molar-refractivity contribution in [2.45, 2.75) is 32.7 Å². The summed E-state index contributed by atoms with van der Waals surface area (Å²) in [5.74, 6) is -0.482. The first-order chi connectivity index (χ1) is 8.21. The number of ether oxygens (including phenoxy) is 1. The van der Waals surface area contributed by atoms with Crippen molar-refractivity contribution in [2.75, 3.05) is 18.5 Å². The predicted molar refractivity (Wildman–Crippen MR) is 63.8 cm³/mol. The van der Waals surface area contributed by atoms with Crippen LogP contribution in [0, 0.1) is 0 Å². The zero-order chi connectivity index (χ0) is 12.7. The van der Waals surface area contributed by atoms with E-state index in [2.05, 4.69) is 17.2 Å². The largest absolute Gasteiger partial charge is 0.461 e. The Labute approximate surface area is 101 Å². The minimum atomic E-state index is -0.482. The fourth-order valence-corrected chi connectivity index (χ4v) is 1.41. The van der Waals surface area contributed by atoms with Crippen LogP contribution in [-0.4, -0.2) is 30.1 Å². The first-order valence-corrected chi connectivity index (χ1v) is 5.80. The molecule has 0 saturated heterocycles. The number of nitrogens with one attached hydrogen (secondary N) is 1. The molecule has 1 aromatic rings. The fourth-order valence-electron chi connectivity index (χ4n) is 1.41. The van der Waals surface area contributed by atoms with E-state index in [0.717, 1.165) is 12.8 Å². The number of nitrogens with two attached hydrogens (primary N) is 1. The molecule has 0 aliphatic heterocycles. The van der Waals surface area contributed by atoms with Crippen LogP contribution in [0.5, 0.6) is 0 Å². The number of anilines is 1. The van der Waals surface area contributed by atoms with E-state index in [0.29, 0.717) is 19.2 Å². The summed E-state index contributed by atoms with van der Waals surface area (Å²) < 4.78 is 9.94. The van der Waals surface area contributed by atoms with E-state index < -0.39 is 5.97 Å². The van der Waals surface area contributed by atoms with E-state index in [1.807, 2.05) is 0 Å². The van der Waals surface area contributed by atoms with Crippen molar-refractivity contribution in [3.63, 3.8) is 0 Å². The van der Waals surface area contributed by atoms with E-state index in [-0.39, 0.29) is 11.7 Å². The zero-order valence-corrected chi connectivity index (χ0v) is 10.2. The zero-order valence-electron chi connectivity index (χ0n) is 10.2. The van der Waals surface area contributed by atoms with Gasteiger partial charge in [0.25, 0.3) is 6.01 Å². The molecule has 0 bridgehead atoms. The summed E-state index contributed by atoms with van der Waals surface area (Å²) in [4.78, 5) is 15.3. The van der Waals surface area contributed by atoms with Crippen LogP contribution in [0.3, 0.4) is 0 Å². The topological polar surface area (TPSA) is 90.4 Å². The van der Waals surface area contributed by atoms with Gasteiger partial charge in [-0.15, -0.1) is 0 Å². The Balaban J connectivity index is 2.58. The Morgan fingerprint density at radius 2 is 2.41 bits per heavy atom. The molecule has 17 heavy (non-hydrogen) atoms. The molecule has 1 unspecified atom stereocenters. The van der Waals surface area contributed by atoms with Crippen molar-refractivity contribution in [3.05, 3.63) is 12.0 Å². The van der Waals surface area contributed by atoms with Gasteiger partial charge in [-0.2, -0.15) is 4.98 Å². The summed E-state index contributed by atoms with van der Waals surface area (Å²) in [6.45, 7) is 4.62. The molecule has 6 heteroatoms. The molecule has 1 atom stereocenters. The van der Waals surface area contributed by atoms with E-state index >= 15 is 0 Å². The number of nitrogens with zero attached hydrogens (tertiary/aromatic N) is 1. The summed E-state index contributed by atoms with van der Waals surface area (Å²) in [5, 5.41) is 3.04. The van der Waals surface area contributed by atoms with Crippen LogP contribution in [-0.2, 0) is 4.74 Å². The minimum absolute atomic E-state index is 0.105. The average molecular weight is 241 g/mol. The number of hydrogen-bond acceptors (Lipinski definition) is 6. The molecule has 0 saturated carbocycles. The monoisotopic (exact) mass is 241 g/mol. The summed E-state index contributed by atoms with van der Waals surface area (Å²) in [7, 11) is 0. The minimum Gasteiger partial charge on any atom is -0.461 e. The number of esters is 1. The first-order valence-electron chi connectivity index (χ1n) is 5.80. The van der Waals surface area contributed by atoms with Crippen LogP contribution < -0.4 is 11.1 Å². The highest BCUT2D eigenvalue weighted by molar-refractivity contribution is 5.87. The molecule has 0 fully saturated rings. The highest BCUT2D eigenvalue weighted by atomic mass is 16.5. The first kappa shape index (κ1) is 13.5. The lowest BCUT2D eigenvalue weighted by molar-refractivity contribution is 0.0519. The van der Waals surface area contributed by atoms with Crippen LogP contribution in [0.25, 0.3) is 0 Å². The van der Waals surface area contributed by atoms with Gasteiger partial charge in [0, 0.05) is 12.6 Å². The predicted octanol–water partition coefficient (Wildman–Crippen LogP) is 1.39. The maximum Gasteiger partial charge on any atom is 0.360 e. The lowest BCUT2D eigenvalue weighted by atomic mass is 10.2. The van der Waals surface area contributed by atoms with Crippen molar-refractivity contribution in [1.82, 2.24) is 4.98 Å². The molecule has 0 radical (unpaired) electrons. The van der Waals surface area contributed by atoms with Crippen molar-refractivity contribution in [1.29, 1.82) is 0 Å². The maximum atomic E-state index is 11.3. The fraction of sp³-hybridized carbons (Fsp3) is 0.636. The van der Waals surface area contributed by atoms with Gasteiger partial charge in [0.2, 0.25) is 0 Å². The lowest BCUT2D eigenvalue weighted by Gasteiger charge is -2.13. The van der Waals surface area contributed by atoms with Gasteiger partial charge in [0.15, 0.2) is 5.69 Å². The third kappa shape index (κ3) is 4.07. The quantitative estimate of drug-likeness (QED) is 0.701. The van der Waals surface area contributed by atoms with E-state index in [1.54, 1.807) is 6.92 Å². The Kier molecular flexibility index (Phi) is 5.48. The van der Waals surface area contributed by atoms with Crippen molar-refractivity contribution >= 4 is 12.0 Å². The smallest absolute Gasteiger partial charge is 0.360 e. The van der Waals surface area contributed by atoms with Crippen LogP contribution >= 0.6 is 0 Å². The molecule has 6 nitrogen and oxygen atoms in total. The number of aromatic nitrogens is 1. The van der Waals surface area contributed by atoms with Gasteiger partial charge in [-0.05, 0) is 13.3 Å². The summed E-state index contributed by atoms with van der Waals surface area (Å²) in [6.07, 6.45) is 3.22. The molecular formula is C11H19N3O3. The lowest BCUT2D eigenvalue weighted by Crippen LogP contribution is -2.28. The van der Waals surface area contributed by atoms with Crippen LogP contribution in [0.4, 0.5) is 6.01 Å². The Morgan fingerprint density at radius 1 is 1.65 bits per heavy atom. The molecule has 96 valence electrons. The number of carbonyl (C=O) groups excluding carboxylic acids is 1. The van der Waals surface area contributed by atoms with E-state index in [9.17, 15) is 4.79 Å². The molecule has 1 heterocycles. The van der Waals surface area contributed by atoms with Gasteiger partial charge in [-0.1, -0.05) is 13.3 Å². The number of hydrogen-bond donors (Lipinski definition) is 2. The highest BCUT2D eigenvalue weighted by Gasteiger charge is 2.14.